The van der Waals surface area contributed by atoms with Crippen LogP contribution in [-0.4, -0.2) is 5.11 Å². The van der Waals surface area contributed by atoms with Crippen molar-refractivity contribution in [3.8, 4) is 11.3 Å². The highest BCUT2D eigenvalue weighted by Crippen LogP contribution is 2.33. The SMILES string of the molecule is OCc1cc(-c2ccc(C(F)(F)F)cc2)oc1CSCc1ccccc1. The van der Waals surface area contributed by atoms with Gasteiger partial charge in [-0.3, -0.25) is 0 Å². The maximum atomic E-state index is 12.7. The van der Waals surface area contributed by atoms with Crippen molar-refractivity contribution in [1.82, 2.24) is 0 Å². The van der Waals surface area contributed by atoms with Crippen LogP contribution in [0.25, 0.3) is 11.3 Å². The van der Waals surface area contributed by atoms with E-state index in [0.717, 1.165) is 17.9 Å². The molecule has 0 radical (unpaired) electrons. The minimum atomic E-state index is -4.36. The zero-order valence-electron chi connectivity index (χ0n) is 13.8. The van der Waals surface area contributed by atoms with Gasteiger partial charge in [-0.25, -0.2) is 0 Å². The molecule has 1 aromatic heterocycles. The van der Waals surface area contributed by atoms with Crippen molar-refractivity contribution >= 4 is 11.8 Å². The summed E-state index contributed by atoms with van der Waals surface area (Å²) in [5.41, 5.74) is 1.69. The number of aliphatic hydroxyl groups is 1. The van der Waals surface area contributed by atoms with E-state index in [4.69, 9.17) is 4.42 Å². The molecule has 0 bridgehead atoms. The molecule has 0 saturated heterocycles. The fourth-order valence-corrected chi connectivity index (χ4v) is 3.48. The van der Waals surface area contributed by atoms with E-state index >= 15 is 0 Å². The number of hydrogen-bond acceptors (Lipinski definition) is 3. The fourth-order valence-electron chi connectivity index (χ4n) is 2.52. The number of halogens is 3. The van der Waals surface area contributed by atoms with E-state index in [-0.39, 0.29) is 6.61 Å². The van der Waals surface area contributed by atoms with Gasteiger partial charge < -0.3 is 9.52 Å². The molecule has 26 heavy (non-hydrogen) atoms. The molecule has 0 spiro atoms. The lowest BCUT2D eigenvalue weighted by atomic mass is 10.1. The molecular weight excluding hydrogens is 361 g/mol. The summed E-state index contributed by atoms with van der Waals surface area (Å²) >= 11 is 1.65. The number of furan rings is 1. The maximum absolute atomic E-state index is 12.7. The van der Waals surface area contributed by atoms with Crippen LogP contribution < -0.4 is 0 Å². The molecule has 0 amide bonds. The smallest absolute Gasteiger partial charge is 0.416 e. The Hall–Kier alpha value is -2.18. The summed E-state index contributed by atoms with van der Waals surface area (Å²) in [6.07, 6.45) is -4.36. The predicted octanol–water partition coefficient (Wildman–Crippen LogP) is 5.89. The van der Waals surface area contributed by atoms with Crippen molar-refractivity contribution in [2.45, 2.75) is 24.3 Å². The summed E-state index contributed by atoms with van der Waals surface area (Å²) in [5, 5.41) is 9.53. The first-order valence-corrected chi connectivity index (χ1v) is 9.14. The minimum absolute atomic E-state index is 0.175. The lowest BCUT2D eigenvalue weighted by Gasteiger charge is -2.06. The Morgan fingerprint density at radius 2 is 1.62 bits per heavy atom. The van der Waals surface area contributed by atoms with E-state index in [9.17, 15) is 18.3 Å². The van der Waals surface area contributed by atoms with Gasteiger partial charge in [0.15, 0.2) is 0 Å². The van der Waals surface area contributed by atoms with Gasteiger partial charge in [0.05, 0.1) is 17.9 Å². The highest BCUT2D eigenvalue weighted by Gasteiger charge is 2.30. The lowest BCUT2D eigenvalue weighted by molar-refractivity contribution is -0.137. The van der Waals surface area contributed by atoms with Crippen LogP contribution in [0.1, 0.15) is 22.5 Å². The molecule has 0 unspecified atom stereocenters. The van der Waals surface area contributed by atoms with Gasteiger partial charge in [-0.1, -0.05) is 42.5 Å². The van der Waals surface area contributed by atoms with Gasteiger partial charge >= 0.3 is 6.18 Å². The van der Waals surface area contributed by atoms with Gasteiger partial charge in [0.2, 0.25) is 0 Å². The molecule has 0 saturated carbocycles. The first kappa shape index (κ1) is 18.6. The third-order valence-corrected chi connectivity index (χ3v) is 4.91. The van der Waals surface area contributed by atoms with Crippen LogP contribution in [0.4, 0.5) is 13.2 Å². The maximum Gasteiger partial charge on any atom is 0.416 e. The average Bonchev–Trinajstić information content (AvgIpc) is 3.05. The van der Waals surface area contributed by atoms with Crippen molar-refractivity contribution < 1.29 is 22.7 Å². The molecule has 3 aromatic rings. The van der Waals surface area contributed by atoms with Gasteiger partial charge in [0.25, 0.3) is 0 Å². The Balaban J connectivity index is 1.72. The van der Waals surface area contributed by atoms with Crippen LogP contribution in [0.5, 0.6) is 0 Å². The van der Waals surface area contributed by atoms with Gasteiger partial charge in [-0.2, -0.15) is 13.2 Å². The molecule has 1 heterocycles. The van der Waals surface area contributed by atoms with Gasteiger partial charge in [-0.15, -0.1) is 11.8 Å². The van der Waals surface area contributed by atoms with Gasteiger partial charge in [0.1, 0.15) is 11.5 Å². The van der Waals surface area contributed by atoms with Crippen LogP contribution in [0.15, 0.2) is 65.1 Å². The van der Waals surface area contributed by atoms with Crippen LogP contribution >= 0.6 is 11.8 Å². The van der Waals surface area contributed by atoms with Gasteiger partial charge in [0, 0.05) is 16.9 Å². The molecule has 0 atom stereocenters. The second-order valence-corrected chi connectivity index (χ2v) is 6.76. The molecule has 2 nitrogen and oxygen atoms in total. The van der Waals surface area contributed by atoms with E-state index in [1.165, 1.54) is 17.7 Å². The summed E-state index contributed by atoms with van der Waals surface area (Å²) in [5.74, 6) is 2.48. The van der Waals surface area contributed by atoms with Crippen LogP contribution in [0.2, 0.25) is 0 Å². The Morgan fingerprint density at radius 1 is 0.923 bits per heavy atom. The molecular formula is C20H17F3O2S. The summed E-state index contributed by atoms with van der Waals surface area (Å²) < 4.78 is 43.8. The fraction of sp³-hybridized carbons (Fsp3) is 0.200. The van der Waals surface area contributed by atoms with Crippen LogP contribution in [-0.2, 0) is 24.3 Å². The van der Waals surface area contributed by atoms with Crippen molar-refractivity contribution in [2.75, 3.05) is 0 Å². The number of alkyl halides is 3. The molecule has 0 fully saturated rings. The van der Waals surface area contributed by atoms with E-state index in [1.807, 2.05) is 30.3 Å². The van der Waals surface area contributed by atoms with Crippen molar-refractivity contribution in [1.29, 1.82) is 0 Å². The highest BCUT2D eigenvalue weighted by molar-refractivity contribution is 7.97. The molecule has 6 heteroatoms. The van der Waals surface area contributed by atoms with Crippen molar-refractivity contribution in [3.05, 3.63) is 83.1 Å². The predicted molar refractivity (Wildman–Crippen MR) is 96.5 cm³/mol. The van der Waals surface area contributed by atoms with Crippen molar-refractivity contribution in [3.63, 3.8) is 0 Å². The summed E-state index contributed by atoms with van der Waals surface area (Å²) in [7, 11) is 0. The standard InChI is InChI=1S/C20H17F3O2S/c21-20(22,23)17-8-6-15(7-9-17)18-10-16(11-24)19(25-18)13-26-12-14-4-2-1-3-5-14/h1-10,24H,11-13H2. The minimum Gasteiger partial charge on any atom is -0.460 e. The largest absolute Gasteiger partial charge is 0.460 e. The van der Waals surface area contributed by atoms with Gasteiger partial charge in [-0.05, 0) is 23.8 Å². The van der Waals surface area contributed by atoms with E-state index in [1.54, 1.807) is 17.8 Å². The second kappa shape index (κ2) is 8.01. The zero-order valence-corrected chi connectivity index (χ0v) is 14.6. The molecule has 1 N–H and O–H groups in total. The number of benzene rings is 2. The topological polar surface area (TPSA) is 33.4 Å². The van der Waals surface area contributed by atoms with E-state index < -0.39 is 11.7 Å². The van der Waals surface area contributed by atoms with E-state index in [2.05, 4.69) is 0 Å². The molecule has 0 aliphatic heterocycles. The van der Waals surface area contributed by atoms with Crippen LogP contribution in [0, 0.1) is 0 Å². The quantitative estimate of drug-likeness (QED) is 0.580. The Kier molecular flexibility index (Phi) is 5.74. The average molecular weight is 378 g/mol. The highest BCUT2D eigenvalue weighted by atomic mass is 32.2. The third-order valence-electron chi connectivity index (χ3n) is 3.91. The first-order chi connectivity index (χ1) is 12.5. The number of thioether (sulfide) groups is 1. The van der Waals surface area contributed by atoms with Crippen molar-refractivity contribution in [2.24, 2.45) is 0 Å². The number of aliphatic hydroxyl groups excluding tert-OH is 1. The Morgan fingerprint density at radius 3 is 2.23 bits per heavy atom. The number of hydrogen-bond donors (Lipinski definition) is 1. The molecule has 136 valence electrons. The molecule has 0 aliphatic carbocycles. The second-order valence-electron chi connectivity index (χ2n) is 5.77. The number of rotatable bonds is 6. The van der Waals surface area contributed by atoms with Crippen LogP contribution in [0.3, 0.4) is 0 Å². The third kappa shape index (κ3) is 4.51. The normalized spacial score (nSPS) is 11.7. The molecule has 2 aromatic carbocycles. The molecule has 0 aliphatic rings. The zero-order chi connectivity index (χ0) is 18.6. The molecule has 3 rings (SSSR count). The Labute approximate surface area is 153 Å². The summed E-state index contributed by atoms with van der Waals surface area (Å²) in [4.78, 5) is 0. The summed E-state index contributed by atoms with van der Waals surface area (Å²) in [6.45, 7) is -0.175. The first-order valence-electron chi connectivity index (χ1n) is 7.99. The lowest BCUT2D eigenvalue weighted by Crippen LogP contribution is -2.03. The monoisotopic (exact) mass is 378 g/mol. The van der Waals surface area contributed by atoms with E-state index in [0.29, 0.717) is 28.4 Å². The summed E-state index contributed by atoms with van der Waals surface area (Å²) in [6, 6.07) is 16.5. The Bertz CT molecular complexity index is 840.